The second kappa shape index (κ2) is 7.06. The summed E-state index contributed by atoms with van der Waals surface area (Å²) < 4.78 is 10.4. The van der Waals surface area contributed by atoms with E-state index < -0.39 is 0 Å². The topological polar surface area (TPSA) is 76.3 Å². The Morgan fingerprint density at radius 3 is 2.62 bits per heavy atom. The van der Waals surface area contributed by atoms with E-state index in [0.29, 0.717) is 18.7 Å². The maximum absolute atomic E-state index is 11.4. The van der Waals surface area contributed by atoms with Gasteiger partial charge in [0.2, 0.25) is 0 Å². The molecular weight excluding hydrogens is 270 g/mol. The maximum Gasteiger partial charge on any atom is 0.337 e. The fourth-order valence-electron chi connectivity index (χ4n) is 2.00. The quantitative estimate of drug-likeness (QED) is 0.783. The molecule has 1 aromatic carbocycles. The lowest BCUT2D eigenvalue weighted by Crippen LogP contribution is -2.84. The van der Waals surface area contributed by atoms with Crippen molar-refractivity contribution in [3.05, 3.63) is 47.7 Å². The molecule has 0 aliphatic carbocycles. The number of quaternary nitrogens is 1. The lowest BCUT2D eigenvalue weighted by Gasteiger charge is -2.02. The molecule has 0 unspecified atom stereocenters. The summed E-state index contributed by atoms with van der Waals surface area (Å²) in [6, 6.07) is 10.9. The third kappa shape index (κ3) is 4.18. The average molecular weight is 290 g/mol. The highest BCUT2D eigenvalue weighted by molar-refractivity contribution is 5.89. The number of esters is 1. The fourth-order valence-corrected chi connectivity index (χ4v) is 2.00. The van der Waals surface area contributed by atoms with Crippen LogP contribution in [0.1, 0.15) is 23.0 Å². The van der Waals surface area contributed by atoms with Crippen LogP contribution in [0.2, 0.25) is 0 Å². The molecule has 0 saturated carbocycles. The zero-order valence-corrected chi connectivity index (χ0v) is 12.2. The number of benzene rings is 1. The number of ether oxygens (including phenoxy) is 1. The van der Waals surface area contributed by atoms with Gasteiger partial charge in [0.05, 0.1) is 18.8 Å². The lowest BCUT2D eigenvalue weighted by atomic mass is 10.1. The zero-order chi connectivity index (χ0) is 15.2. The Balaban J connectivity index is 2.02. The molecule has 0 aliphatic heterocycles. The molecule has 1 aromatic heterocycles. The Morgan fingerprint density at radius 1 is 1.29 bits per heavy atom. The Labute approximate surface area is 123 Å². The van der Waals surface area contributed by atoms with E-state index in [0.717, 1.165) is 17.1 Å². The number of aliphatic hydroxyl groups is 1. The predicted octanol–water partition coefficient (Wildman–Crippen LogP) is 1.18. The smallest absolute Gasteiger partial charge is 0.337 e. The molecule has 3 N–H and O–H groups in total. The number of carbonyl (C=O) groups is 1. The van der Waals surface area contributed by atoms with Crippen LogP contribution >= 0.6 is 0 Å². The molecule has 5 nitrogen and oxygen atoms in total. The van der Waals surface area contributed by atoms with Crippen molar-refractivity contribution in [2.45, 2.75) is 19.6 Å². The Hall–Kier alpha value is -2.11. The molecule has 21 heavy (non-hydrogen) atoms. The van der Waals surface area contributed by atoms with Crippen molar-refractivity contribution < 1.29 is 24.4 Å². The normalized spacial score (nSPS) is 12.1. The first-order chi connectivity index (χ1) is 10.1. The van der Waals surface area contributed by atoms with Crippen molar-refractivity contribution in [1.29, 1.82) is 0 Å². The second-order valence-corrected chi connectivity index (χ2v) is 4.91. The van der Waals surface area contributed by atoms with Gasteiger partial charge in [-0.3, -0.25) is 0 Å². The highest BCUT2D eigenvalue weighted by Crippen LogP contribution is 2.22. The largest absolute Gasteiger partial charge is 0.465 e. The zero-order valence-electron chi connectivity index (χ0n) is 12.2. The highest BCUT2D eigenvalue weighted by Gasteiger charge is 2.09. The number of furan rings is 1. The van der Waals surface area contributed by atoms with E-state index in [4.69, 9.17) is 4.42 Å². The van der Waals surface area contributed by atoms with Gasteiger partial charge in [-0.15, -0.1) is 0 Å². The van der Waals surface area contributed by atoms with Crippen LogP contribution in [0.25, 0.3) is 11.3 Å². The fraction of sp³-hybridized carbons (Fsp3) is 0.312. The Morgan fingerprint density at radius 2 is 2.00 bits per heavy atom. The minimum atomic E-state index is -0.352. The molecule has 0 amide bonds. The summed E-state index contributed by atoms with van der Waals surface area (Å²) in [4.78, 5) is 11.4. The summed E-state index contributed by atoms with van der Waals surface area (Å²) in [6.45, 7) is 3.09. The Kier molecular flexibility index (Phi) is 5.14. The first-order valence-corrected chi connectivity index (χ1v) is 6.87. The molecule has 1 atom stereocenters. The van der Waals surface area contributed by atoms with Gasteiger partial charge in [-0.1, -0.05) is 12.1 Å². The minimum absolute atomic E-state index is 0.328. The van der Waals surface area contributed by atoms with E-state index in [1.165, 1.54) is 7.11 Å². The molecule has 0 fully saturated rings. The summed E-state index contributed by atoms with van der Waals surface area (Å²) in [7, 11) is 1.36. The van der Waals surface area contributed by atoms with Crippen molar-refractivity contribution in [2.75, 3.05) is 13.7 Å². The second-order valence-electron chi connectivity index (χ2n) is 4.91. The Bertz CT molecular complexity index is 587. The van der Waals surface area contributed by atoms with Crippen molar-refractivity contribution in [3.8, 4) is 11.3 Å². The molecule has 2 aromatic rings. The van der Waals surface area contributed by atoms with Gasteiger partial charge in [0.25, 0.3) is 0 Å². The summed E-state index contributed by atoms with van der Waals surface area (Å²) in [5.74, 6) is 1.25. The number of rotatable bonds is 6. The van der Waals surface area contributed by atoms with Gasteiger partial charge < -0.3 is 19.6 Å². The SMILES string of the molecule is COC(=O)c1ccc(-c2ccc(C[NH2+]C[C@@H](C)O)o2)cc1. The van der Waals surface area contributed by atoms with E-state index >= 15 is 0 Å². The summed E-state index contributed by atoms with van der Waals surface area (Å²) in [6.07, 6.45) is -0.328. The van der Waals surface area contributed by atoms with Crippen LogP contribution in [0, 0.1) is 0 Å². The number of nitrogens with two attached hydrogens (primary N) is 1. The number of hydrogen-bond donors (Lipinski definition) is 2. The molecule has 0 radical (unpaired) electrons. The van der Waals surface area contributed by atoms with E-state index in [2.05, 4.69) is 4.74 Å². The summed E-state index contributed by atoms with van der Waals surface area (Å²) in [5, 5.41) is 11.2. The predicted molar refractivity (Wildman–Crippen MR) is 77.7 cm³/mol. The average Bonchev–Trinajstić information content (AvgIpc) is 2.95. The minimum Gasteiger partial charge on any atom is -0.465 e. The molecule has 5 heteroatoms. The maximum atomic E-state index is 11.4. The first-order valence-electron chi connectivity index (χ1n) is 6.87. The van der Waals surface area contributed by atoms with Gasteiger partial charge in [-0.2, -0.15) is 0 Å². The van der Waals surface area contributed by atoms with Crippen molar-refractivity contribution in [3.63, 3.8) is 0 Å². The molecule has 0 bridgehead atoms. The van der Waals surface area contributed by atoms with Crippen LogP contribution in [0.15, 0.2) is 40.8 Å². The third-order valence-corrected chi connectivity index (χ3v) is 3.11. The first kappa shape index (κ1) is 15.3. The highest BCUT2D eigenvalue weighted by atomic mass is 16.5. The van der Waals surface area contributed by atoms with Crippen LogP contribution < -0.4 is 5.32 Å². The van der Waals surface area contributed by atoms with Gasteiger partial charge in [-0.25, -0.2) is 4.79 Å². The standard InChI is InChI=1S/C16H19NO4/c1-11(18)9-17-10-14-7-8-15(21-14)12-3-5-13(6-4-12)16(19)20-2/h3-8,11,17-18H,9-10H2,1-2H3/p+1/t11-/m1/s1. The van der Waals surface area contributed by atoms with Crippen LogP contribution in [-0.2, 0) is 11.3 Å². The third-order valence-electron chi connectivity index (χ3n) is 3.11. The molecule has 2 rings (SSSR count). The summed E-state index contributed by atoms with van der Waals surface area (Å²) in [5.41, 5.74) is 1.42. The van der Waals surface area contributed by atoms with Crippen molar-refractivity contribution >= 4 is 5.97 Å². The van der Waals surface area contributed by atoms with Crippen LogP contribution in [-0.4, -0.2) is 30.8 Å². The number of aliphatic hydroxyl groups excluding tert-OH is 1. The molecule has 0 aliphatic rings. The monoisotopic (exact) mass is 290 g/mol. The number of carbonyl (C=O) groups excluding carboxylic acids is 1. The van der Waals surface area contributed by atoms with Crippen LogP contribution in [0.3, 0.4) is 0 Å². The molecule has 0 saturated heterocycles. The molecule has 0 spiro atoms. The van der Waals surface area contributed by atoms with E-state index in [-0.39, 0.29) is 12.1 Å². The van der Waals surface area contributed by atoms with Gasteiger partial charge in [0.1, 0.15) is 18.8 Å². The number of hydrogen-bond acceptors (Lipinski definition) is 4. The lowest BCUT2D eigenvalue weighted by molar-refractivity contribution is -0.677. The van der Waals surface area contributed by atoms with Gasteiger partial charge >= 0.3 is 5.97 Å². The molecule has 112 valence electrons. The van der Waals surface area contributed by atoms with E-state index in [1.54, 1.807) is 19.1 Å². The number of methoxy groups -OCH3 is 1. The van der Waals surface area contributed by atoms with Gasteiger partial charge in [0, 0.05) is 5.56 Å². The van der Waals surface area contributed by atoms with Crippen LogP contribution in [0.4, 0.5) is 0 Å². The van der Waals surface area contributed by atoms with E-state index in [9.17, 15) is 9.90 Å². The van der Waals surface area contributed by atoms with Crippen LogP contribution in [0.5, 0.6) is 0 Å². The molecular formula is C16H20NO4+. The van der Waals surface area contributed by atoms with Gasteiger partial charge in [0.15, 0.2) is 5.76 Å². The van der Waals surface area contributed by atoms with Gasteiger partial charge in [-0.05, 0) is 31.2 Å². The molecule has 1 heterocycles. The van der Waals surface area contributed by atoms with Crippen molar-refractivity contribution in [2.24, 2.45) is 0 Å². The summed E-state index contributed by atoms with van der Waals surface area (Å²) >= 11 is 0. The van der Waals surface area contributed by atoms with E-state index in [1.807, 2.05) is 29.6 Å². The van der Waals surface area contributed by atoms with Crippen molar-refractivity contribution in [1.82, 2.24) is 0 Å².